The Balaban J connectivity index is 2.43. The monoisotopic (exact) mass is 278 g/mol. The first-order valence-electron chi connectivity index (χ1n) is 7.18. The number of hydrogen-bond acceptors (Lipinski definition) is 2. The van der Waals surface area contributed by atoms with Crippen molar-refractivity contribution in [1.29, 1.82) is 0 Å². The van der Waals surface area contributed by atoms with E-state index in [0.717, 1.165) is 24.2 Å². The molecule has 0 unspecified atom stereocenters. The van der Waals surface area contributed by atoms with Gasteiger partial charge in [0.1, 0.15) is 5.75 Å². The van der Waals surface area contributed by atoms with Gasteiger partial charge in [-0.2, -0.15) is 0 Å². The average Bonchev–Trinajstić information content (AvgIpc) is 2.37. The Morgan fingerprint density at radius 3 is 2.35 bits per heavy atom. The van der Waals surface area contributed by atoms with Gasteiger partial charge >= 0.3 is 5.97 Å². The Bertz CT molecular complexity index is 475. The lowest BCUT2D eigenvalue weighted by Gasteiger charge is -2.19. The molecule has 1 rings (SSSR count). The molecule has 0 saturated carbocycles. The number of carboxylic acid groups (broad SMARTS) is 1. The Labute approximate surface area is 122 Å². The molecule has 0 saturated heterocycles. The van der Waals surface area contributed by atoms with Gasteiger partial charge < -0.3 is 9.84 Å². The Morgan fingerprint density at radius 1 is 1.15 bits per heavy atom. The number of hydrogen-bond donors (Lipinski definition) is 1. The fraction of sp³-hybridized carbons (Fsp3) is 0.588. The number of aliphatic carboxylic acids is 1. The molecular formula is C17H26O3. The van der Waals surface area contributed by atoms with Gasteiger partial charge in [-0.1, -0.05) is 12.1 Å². The molecule has 0 atom stereocenters. The van der Waals surface area contributed by atoms with Gasteiger partial charge in [-0.25, -0.2) is 0 Å². The third-order valence-corrected chi connectivity index (χ3v) is 3.90. The first-order chi connectivity index (χ1) is 9.25. The predicted molar refractivity (Wildman–Crippen MR) is 81.4 cm³/mol. The van der Waals surface area contributed by atoms with Gasteiger partial charge in [0.05, 0.1) is 12.0 Å². The van der Waals surface area contributed by atoms with Crippen molar-refractivity contribution < 1.29 is 14.6 Å². The quantitative estimate of drug-likeness (QED) is 0.757. The van der Waals surface area contributed by atoms with Crippen LogP contribution in [0.2, 0.25) is 0 Å². The Hall–Kier alpha value is -1.51. The molecule has 0 aliphatic carbocycles. The van der Waals surface area contributed by atoms with Crippen molar-refractivity contribution in [3.05, 3.63) is 28.8 Å². The summed E-state index contributed by atoms with van der Waals surface area (Å²) in [6.45, 7) is 10.4. The number of carbonyl (C=O) groups is 1. The van der Waals surface area contributed by atoms with E-state index in [4.69, 9.17) is 9.84 Å². The van der Waals surface area contributed by atoms with Crippen molar-refractivity contribution in [3.63, 3.8) is 0 Å². The van der Waals surface area contributed by atoms with E-state index in [1.54, 1.807) is 13.8 Å². The largest absolute Gasteiger partial charge is 0.493 e. The maximum absolute atomic E-state index is 11.0. The molecule has 112 valence electrons. The fourth-order valence-corrected chi connectivity index (χ4v) is 2.10. The maximum atomic E-state index is 11.0. The minimum atomic E-state index is -0.733. The summed E-state index contributed by atoms with van der Waals surface area (Å²) >= 11 is 0. The third-order valence-electron chi connectivity index (χ3n) is 3.90. The zero-order valence-electron chi connectivity index (χ0n) is 13.2. The second-order valence-electron chi connectivity index (χ2n) is 6.15. The molecule has 0 bridgehead atoms. The van der Waals surface area contributed by atoms with Crippen molar-refractivity contribution in [2.45, 2.75) is 53.9 Å². The summed E-state index contributed by atoms with van der Waals surface area (Å²) in [5, 5.41) is 9.05. The molecule has 1 aromatic carbocycles. The van der Waals surface area contributed by atoms with Crippen molar-refractivity contribution in [1.82, 2.24) is 0 Å². The van der Waals surface area contributed by atoms with Crippen LogP contribution in [0.5, 0.6) is 5.75 Å². The number of carboxylic acids is 1. The molecule has 0 fully saturated rings. The molecule has 0 aromatic heterocycles. The van der Waals surface area contributed by atoms with E-state index in [9.17, 15) is 4.79 Å². The summed E-state index contributed by atoms with van der Waals surface area (Å²) in [6.07, 6.45) is 2.42. The first kappa shape index (κ1) is 16.5. The van der Waals surface area contributed by atoms with Crippen LogP contribution < -0.4 is 4.74 Å². The summed E-state index contributed by atoms with van der Waals surface area (Å²) in [5.74, 6) is 0.242. The van der Waals surface area contributed by atoms with Crippen LogP contribution in [0, 0.1) is 26.2 Å². The van der Waals surface area contributed by atoms with Crippen LogP contribution in [0.15, 0.2) is 12.1 Å². The second-order valence-corrected chi connectivity index (χ2v) is 6.15. The molecule has 3 nitrogen and oxygen atoms in total. The normalized spacial score (nSPS) is 11.4. The number of rotatable bonds is 7. The number of ether oxygens (including phenoxy) is 1. The molecule has 3 heteroatoms. The van der Waals surface area contributed by atoms with Crippen LogP contribution in [0.25, 0.3) is 0 Å². The highest BCUT2D eigenvalue weighted by molar-refractivity contribution is 5.73. The Kier molecular flexibility index (Phi) is 5.61. The summed E-state index contributed by atoms with van der Waals surface area (Å²) in [6, 6.07) is 4.18. The molecule has 1 N–H and O–H groups in total. The van der Waals surface area contributed by atoms with Gasteiger partial charge in [0.15, 0.2) is 0 Å². The van der Waals surface area contributed by atoms with Crippen molar-refractivity contribution in [2.24, 2.45) is 5.41 Å². The number of benzene rings is 1. The predicted octanol–water partition coefficient (Wildman–Crippen LogP) is 4.27. The molecule has 1 aromatic rings. The molecule has 0 radical (unpaired) electrons. The van der Waals surface area contributed by atoms with Gasteiger partial charge in [0.25, 0.3) is 0 Å². The van der Waals surface area contributed by atoms with E-state index < -0.39 is 11.4 Å². The molecule has 0 amide bonds. The maximum Gasteiger partial charge on any atom is 0.309 e. The zero-order chi connectivity index (χ0) is 15.3. The molecule has 0 spiro atoms. The van der Waals surface area contributed by atoms with Crippen LogP contribution >= 0.6 is 0 Å². The van der Waals surface area contributed by atoms with Crippen molar-refractivity contribution in [2.75, 3.05) is 6.61 Å². The lowest BCUT2D eigenvalue weighted by Crippen LogP contribution is -2.23. The van der Waals surface area contributed by atoms with Crippen LogP contribution in [0.1, 0.15) is 49.8 Å². The van der Waals surface area contributed by atoms with E-state index in [1.165, 1.54) is 11.1 Å². The van der Waals surface area contributed by atoms with E-state index in [1.807, 2.05) is 0 Å². The number of aryl methyl sites for hydroxylation is 2. The average molecular weight is 278 g/mol. The van der Waals surface area contributed by atoms with Gasteiger partial charge in [-0.15, -0.1) is 0 Å². The van der Waals surface area contributed by atoms with Crippen molar-refractivity contribution in [3.8, 4) is 5.75 Å². The fourth-order valence-electron chi connectivity index (χ4n) is 2.10. The summed E-state index contributed by atoms with van der Waals surface area (Å²) in [7, 11) is 0. The van der Waals surface area contributed by atoms with E-state index >= 15 is 0 Å². The van der Waals surface area contributed by atoms with Gasteiger partial charge in [-0.3, -0.25) is 4.79 Å². The van der Waals surface area contributed by atoms with Crippen LogP contribution in [0.3, 0.4) is 0 Å². The lowest BCUT2D eigenvalue weighted by molar-refractivity contribution is -0.147. The molecule has 0 heterocycles. The van der Waals surface area contributed by atoms with Gasteiger partial charge in [-0.05, 0) is 70.6 Å². The highest BCUT2D eigenvalue weighted by Gasteiger charge is 2.25. The Morgan fingerprint density at radius 2 is 1.75 bits per heavy atom. The highest BCUT2D eigenvalue weighted by atomic mass is 16.5. The molecule has 0 aliphatic rings. The standard InChI is InChI=1S/C17H26O3/c1-12-8-9-13(2)15(14(12)3)20-11-7-6-10-17(4,5)16(18)19/h8-9H,6-7,10-11H2,1-5H3,(H,18,19). The van der Waals surface area contributed by atoms with Gasteiger partial charge in [0, 0.05) is 0 Å². The van der Waals surface area contributed by atoms with Crippen LogP contribution in [-0.2, 0) is 4.79 Å². The summed E-state index contributed by atoms with van der Waals surface area (Å²) in [5.41, 5.74) is 2.93. The smallest absolute Gasteiger partial charge is 0.309 e. The SMILES string of the molecule is Cc1ccc(C)c(OCCCCC(C)(C)C(=O)O)c1C. The van der Waals surface area contributed by atoms with Crippen molar-refractivity contribution >= 4 is 5.97 Å². The second kappa shape index (κ2) is 6.78. The van der Waals surface area contributed by atoms with E-state index in [0.29, 0.717) is 13.0 Å². The minimum absolute atomic E-state index is 0.640. The first-order valence-corrected chi connectivity index (χ1v) is 7.18. The lowest BCUT2D eigenvalue weighted by atomic mass is 9.87. The molecule has 0 aliphatic heterocycles. The van der Waals surface area contributed by atoms with Crippen LogP contribution in [-0.4, -0.2) is 17.7 Å². The minimum Gasteiger partial charge on any atom is -0.493 e. The molecule has 20 heavy (non-hydrogen) atoms. The topological polar surface area (TPSA) is 46.5 Å². The van der Waals surface area contributed by atoms with E-state index in [-0.39, 0.29) is 0 Å². The third kappa shape index (κ3) is 4.26. The summed E-state index contributed by atoms with van der Waals surface area (Å²) in [4.78, 5) is 11.0. The van der Waals surface area contributed by atoms with Gasteiger partial charge in [0.2, 0.25) is 0 Å². The zero-order valence-corrected chi connectivity index (χ0v) is 13.2. The molecular weight excluding hydrogens is 252 g/mol. The highest BCUT2D eigenvalue weighted by Crippen LogP contribution is 2.27. The number of unbranched alkanes of at least 4 members (excludes halogenated alkanes) is 1. The summed E-state index contributed by atoms with van der Waals surface area (Å²) < 4.78 is 5.88. The van der Waals surface area contributed by atoms with E-state index in [2.05, 4.69) is 32.9 Å². The van der Waals surface area contributed by atoms with Crippen LogP contribution in [0.4, 0.5) is 0 Å².